The fraction of sp³-hybridized carbons (Fsp3) is 0.423. The number of carbonyl (C=O) groups excluding carboxylic acids is 1. The van der Waals surface area contributed by atoms with Gasteiger partial charge in [-0.1, -0.05) is 30.3 Å². The molecule has 1 heterocycles. The predicted molar refractivity (Wildman–Crippen MR) is 121 cm³/mol. The molecule has 0 unspecified atom stereocenters. The molecule has 0 aliphatic heterocycles. The van der Waals surface area contributed by atoms with Crippen molar-refractivity contribution < 1.29 is 19.1 Å². The molecule has 164 valence electrons. The van der Waals surface area contributed by atoms with Crippen LogP contribution in [0.2, 0.25) is 0 Å². The number of ether oxygens (including phenoxy) is 1. The number of carbonyl (C=O) groups is 1. The largest absolute Gasteiger partial charge is 0.489 e. The van der Waals surface area contributed by atoms with E-state index in [1.165, 1.54) is 0 Å². The Morgan fingerprint density at radius 1 is 1.13 bits per heavy atom. The molecule has 1 aliphatic rings. The van der Waals surface area contributed by atoms with Crippen LogP contribution in [0, 0.1) is 12.8 Å². The van der Waals surface area contributed by atoms with Crippen LogP contribution >= 0.6 is 0 Å². The van der Waals surface area contributed by atoms with Crippen LogP contribution in [0.1, 0.15) is 61.2 Å². The molecule has 1 saturated carbocycles. The van der Waals surface area contributed by atoms with E-state index in [4.69, 9.17) is 9.15 Å². The molecular formula is C26H31NO4. The van der Waals surface area contributed by atoms with Gasteiger partial charge in [0.05, 0.1) is 11.2 Å². The summed E-state index contributed by atoms with van der Waals surface area (Å²) >= 11 is 0. The molecule has 0 saturated heterocycles. The van der Waals surface area contributed by atoms with Gasteiger partial charge in [0.25, 0.3) is 5.91 Å². The normalized spacial score (nSPS) is 19.4. The molecule has 2 aromatic carbocycles. The van der Waals surface area contributed by atoms with Crippen molar-refractivity contribution in [2.45, 2.75) is 64.7 Å². The highest BCUT2D eigenvalue weighted by Gasteiger charge is 2.32. The van der Waals surface area contributed by atoms with Crippen LogP contribution < -0.4 is 10.1 Å². The number of aryl methyl sites for hydroxylation is 1. The van der Waals surface area contributed by atoms with Gasteiger partial charge < -0.3 is 19.6 Å². The third-order valence-electron chi connectivity index (χ3n) is 6.37. The van der Waals surface area contributed by atoms with Crippen molar-refractivity contribution >= 4 is 16.9 Å². The lowest BCUT2D eigenvalue weighted by Crippen LogP contribution is -2.41. The van der Waals surface area contributed by atoms with Crippen LogP contribution in [0.25, 0.3) is 11.0 Å². The van der Waals surface area contributed by atoms with Crippen LogP contribution in [0.5, 0.6) is 5.75 Å². The molecule has 1 aromatic heterocycles. The lowest BCUT2D eigenvalue weighted by atomic mass is 9.77. The summed E-state index contributed by atoms with van der Waals surface area (Å²) in [6, 6.07) is 15.7. The number of aliphatic hydroxyl groups is 1. The summed E-state index contributed by atoms with van der Waals surface area (Å²) in [5, 5.41) is 14.2. The van der Waals surface area contributed by atoms with E-state index in [-0.39, 0.29) is 17.9 Å². The van der Waals surface area contributed by atoms with Crippen molar-refractivity contribution in [3.63, 3.8) is 0 Å². The number of amides is 1. The molecule has 3 aromatic rings. The Labute approximate surface area is 183 Å². The average Bonchev–Trinajstić information content (AvgIpc) is 3.08. The highest BCUT2D eigenvalue weighted by Crippen LogP contribution is 2.33. The number of furan rings is 1. The van der Waals surface area contributed by atoms with Gasteiger partial charge in [0.1, 0.15) is 23.7 Å². The first-order valence-electron chi connectivity index (χ1n) is 11.0. The maximum Gasteiger partial charge on any atom is 0.255 e. The Kier molecular flexibility index (Phi) is 6.05. The third-order valence-corrected chi connectivity index (χ3v) is 6.37. The standard InChI is InChI=1S/C26H31NO4/c1-17-24(25(28)27-20-11-9-19(10-12-20)26(2,3)29)22-15-21(13-14-23(22)31-17)30-16-18-7-5-4-6-8-18/h4-8,13-15,19-20,29H,9-12,16H2,1-3H3,(H,27,28). The van der Waals surface area contributed by atoms with Gasteiger partial charge in [0.2, 0.25) is 0 Å². The van der Waals surface area contributed by atoms with Gasteiger partial charge in [-0.2, -0.15) is 0 Å². The maximum atomic E-state index is 13.1. The van der Waals surface area contributed by atoms with E-state index in [1.54, 1.807) is 0 Å². The number of hydrogen-bond donors (Lipinski definition) is 2. The van der Waals surface area contributed by atoms with E-state index in [9.17, 15) is 9.90 Å². The number of fused-ring (bicyclic) bond motifs is 1. The Hall–Kier alpha value is -2.79. The van der Waals surface area contributed by atoms with Gasteiger partial charge in [-0.25, -0.2) is 0 Å². The first-order valence-corrected chi connectivity index (χ1v) is 11.0. The fourth-order valence-electron chi connectivity index (χ4n) is 4.51. The first-order chi connectivity index (χ1) is 14.8. The van der Waals surface area contributed by atoms with E-state index in [0.29, 0.717) is 29.3 Å². The summed E-state index contributed by atoms with van der Waals surface area (Å²) in [4.78, 5) is 13.1. The van der Waals surface area contributed by atoms with Crippen LogP contribution in [-0.4, -0.2) is 22.7 Å². The summed E-state index contributed by atoms with van der Waals surface area (Å²) in [5.41, 5.74) is 1.68. The van der Waals surface area contributed by atoms with E-state index in [1.807, 2.05) is 69.3 Å². The van der Waals surface area contributed by atoms with E-state index in [2.05, 4.69) is 5.32 Å². The summed E-state index contributed by atoms with van der Waals surface area (Å²) in [5.74, 6) is 1.49. The number of nitrogens with one attached hydrogen (secondary N) is 1. The fourth-order valence-corrected chi connectivity index (χ4v) is 4.51. The third kappa shape index (κ3) is 4.93. The summed E-state index contributed by atoms with van der Waals surface area (Å²) in [7, 11) is 0. The Bertz CT molecular complexity index is 1040. The predicted octanol–water partition coefficient (Wildman–Crippen LogP) is 5.38. The number of hydrogen-bond acceptors (Lipinski definition) is 4. The Morgan fingerprint density at radius 2 is 1.84 bits per heavy atom. The smallest absolute Gasteiger partial charge is 0.255 e. The molecule has 1 fully saturated rings. The molecular weight excluding hydrogens is 390 g/mol. The number of rotatable bonds is 6. The van der Waals surface area contributed by atoms with Crippen molar-refractivity contribution in [2.24, 2.45) is 5.92 Å². The van der Waals surface area contributed by atoms with Crippen LogP contribution in [0.3, 0.4) is 0 Å². The molecule has 4 rings (SSSR count). The molecule has 5 nitrogen and oxygen atoms in total. The topological polar surface area (TPSA) is 71.7 Å². The summed E-state index contributed by atoms with van der Waals surface area (Å²) in [6.45, 7) is 6.03. The second kappa shape index (κ2) is 8.75. The molecule has 0 spiro atoms. The van der Waals surface area contributed by atoms with Crippen LogP contribution in [0.15, 0.2) is 52.9 Å². The van der Waals surface area contributed by atoms with Crippen LogP contribution in [0.4, 0.5) is 0 Å². The minimum absolute atomic E-state index is 0.108. The maximum absolute atomic E-state index is 13.1. The van der Waals surface area contributed by atoms with Gasteiger partial charge in [0.15, 0.2) is 0 Å². The van der Waals surface area contributed by atoms with Gasteiger partial charge in [0, 0.05) is 11.4 Å². The van der Waals surface area contributed by atoms with E-state index in [0.717, 1.165) is 36.6 Å². The lowest BCUT2D eigenvalue weighted by Gasteiger charge is -2.36. The SMILES string of the molecule is Cc1oc2ccc(OCc3ccccc3)cc2c1C(=O)NC1CCC(C(C)(C)O)CC1. The van der Waals surface area contributed by atoms with E-state index < -0.39 is 5.60 Å². The van der Waals surface area contributed by atoms with Crippen molar-refractivity contribution in [3.8, 4) is 5.75 Å². The Balaban J connectivity index is 1.46. The van der Waals surface area contributed by atoms with Crippen molar-refractivity contribution in [1.82, 2.24) is 5.32 Å². The lowest BCUT2D eigenvalue weighted by molar-refractivity contribution is -0.00257. The molecule has 1 amide bonds. The van der Waals surface area contributed by atoms with Crippen LogP contribution in [-0.2, 0) is 6.61 Å². The number of benzene rings is 2. The molecule has 31 heavy (non-hydrogen) atoms. The molecule has 5 heteroatoms. The van der Waals surface area contributed by atoms with Crippen molar-refractivity contribution in [3.05, 3.63) is 65.4 Å². The van der Waals surface area contributed by atoms with Gasteiger partial charge in [-0.3, -0.25) is 4.79 Å². The Morgan fingerprint density at radius 3 is 2.52 bits per heavy atom. The second-order valence-electron chi connectivity index (χ2n) is 9.14. The first kappa shape index (κ1) is 21.4. The molecule has 0 atom stereocenters. The molecule has 2 N–H and O–H groups in total. The zero-order valence-electron chi connectivity index (χ0n) is 18.5. The summed E-state index contributed by atoms with van der Waals surface area (Å²) < 4.78 is 11.8. The highest BCUT2D eigenvalue weighted by molar-refractivity contribution is 6.07. The van der Waals surface area contributed by atoms with Crippen molar-refractivity contribution in [2.75, 3.05) is 0 Å². The second-order valence-corrected chi connectivity index (χ2v) is 9.14. The van der Waals surface area contributed by atoms with Gasteiger partial charge >= 0.3 is 0 Å². The minimum Gasteiger partial charge on any atom is -0.489 e. The summed E-state index contributed by atoms with van der Waals surface area (Å²) in [6.07, 6.45) is 3.58. The monoisotopic (exact) mass is 421 g/mol. The molecule has 1 aliphatic carbocycles. The van der Waals surface area contributed by atoms with Gasteiger partial charge in [-0.05, 0) is 76.1 Å². The van der Waals surface area contributed by atoms with Crippen molar-refractivity contribution in [1.29, 1.82) is 0 Å². The quantitative estimate of drug-likeness (QED) is 0.561. The zero-order valence-corrected chi connectivity index (χ0v) is 18.5. The zero-order chi connectivity index (χ0) is 22.0. The minimum atomic E-state index is -0.664. The van der Waals surface area contributed by atoms with E-state index >= 15 is 0 Å². The molecule has 0 bridgehead atoms. The average molecular weight is 422 g/mol. The highest BCUT2D eigenvalue weighted by atomic mass is 16.5. The van der Waals surface area contributed by atoms with Gasteiger partial charge in [-0.15, -0.1) is 0 Å². The molecule has 0 radical (unpaired) electrons.